The zero-order chi connectivity index (χ0) is 22.8. The summed E-state index contributed by atoms with van der Waals surface area (Å²) in [7, 11) is 0. The molecule has 0 bridgehead atoms. The van der Waals surface area contributed by atoms with E-state index in [9.17, 15) is 19.8 Å². The van der Waals surface area contributed by atoms with Crippen LogP contribution in [0.3, 0.4) is 0 Å². The average molecular weight is 433 g/mol. The first-order valence-electron chi connectivity index (χ1n) is 11.6. The van der Waals surface area contributed by atoms with Gasteiger partial charge in [0.05, 0.1) is 16.6 Å². The largest absolute Gasteiger partial charge is 0.481 e. The Morgan fingerprint density at radius 3 is 2.42 bits per heavy atom. The second kappa shape index (κ2) is 7.17. The number of aliphatic hydroxyl groups is 1. The number of allylic oxidation sites excluding steroid dienone is 1. The van der Waals surface area contributed by atoms with E-state index in [2.05, 4.69) is 13.8 Å². The number of carbonyl (C=O) groups is 2. The zero-order valence-electron chi connectivity index (χ0n) is 19.4. The molecule has 2 aliphatic carbocycles. The molecule has 2 heterocycles. The number of aliphatic carboxylic acids is 1. The summed E-state index contributed by atoms with van der Waals surface area (Å²) >= 11 is 0. The Morgan fingerprint density at radius 2 is 1.81 bits per heavy atom. The third-order valence-corrected chi connectivity index (χ3v) is 9.19. The normalized spacial score (nSPS) is 47.2. The summed E-state index contributed by atoms with van der Waals surface area (Å²) in [5.41, 5.74) is -1.29. The van der Waals surface area contributed by atoms with Crippen LogP contribution in [0, 0.1) is 22.7 Å². The van der Waals surface area contributed by atoms with Gasteiger partial charge >= 0.3 is 11.9 Å². The molecule has 0 aromatic rings. The van der Waals surface area contributed by atoms with Crippen LogP contribution in [0.5, 0.6) is 0 Å². The molecule has 3 fully saturated rings. The Labute approximate surface area is 184 Å². The van der Waals surface area contributed by atoms with Crippen molar-refractivity contribution in [1.29, 1.82) is 0 Å². The number of hydrogen-bond acceptors (Lipinski definition) is 5. The van der Waals surface area contributed by atoms with Crippen LogP contribution in [-0.2, 0) is 19.1 Å². The molecule has 0 amide bonds. The van der Waals surface area contributed by atoms with E-state index in [0.29, 0.717) is 17.8 Å². The highest BCUT2D eigenvalue weighted by Gasteiger charge is 2.64. The van der Waals surface area contributed by atoms with Gasteiger partial charge in [0.15, 0.2) is 0 Å². The van der Waals surface area contributed by atoms with Gasteiger partial charge in [0.25, 0.3) is 0 Å². The van der Waals surface area contributed by atoms with Crippen LogP contribution >= 0.6 is 0 Å². The summed E-state index contributed by atoms with van der Waals surface area (Å²) in [6.45, 7) is 10.1. The van der Waals surface area contributed by atoms with Gasteiger partial charge in [-0.15, -0.1) is 0 Å². The van der Waals surface area contributed by atoms with Crippen LogP contribution in [0.1, 0.15) is 79.6 Å². The molecule has 0 radical (unpaired) electrons. The number of aliphatic hydroxyl groups excluding tert-OH is 1. The Bertz CT molecular complexity index is 860. The number of ether oxygens (including phenoxy) is 2. The lowest BCUT2D eigenvalue weighted by Crippen LogP contribution is -2.65. The van der Waals surface area contributed by atoms with E-state index < -0.39 is 34.7 Å². The van der Waals surface area contributed by atoms with Gasteiger partial charge in [-0.1, -0.05) is 13.3 Å². The lowest BCUT2D eigenvalue weighted by Gasteiger charge is -2.65. The number of carboxylic acid groups (broad SMARTS) is 1. The maximum Gasteiger partial charge on any atom is 0.336 e. The molecule has 0 aromatic heterocycles. The number of fused-ring (bicyclic) bond motifs is 3. The molecule has 0 aromatic carbocycles. The highest BCUT2D eigenvalue weighted by molar-refractivity contribution is 5.88. The topological polar surface area (TPSA) is 93.1 Å². The van der Waals surface area contributed by atoms with E-state index in [1.807, 2.05) is 13.8 Å². The molecule has 31 heavy (non-hydrogen) atoms. The van der Waals surface area contributed by atoms with Gasteiger partial charge < -0.3 is 19.7 Å². The van der Waals surface area contributed by atoms with E-state index in [1.54, 1.807) is 13.0 Å². The number of hydrogen-bond donors (Lipinski definition) is 2. The molecule has 2 saturated carbocycles. The Morgan fingerprint density at radius 1 is 1.13 bits per heavy atom. The molecule has 2 N–H and O–H groups in total. The van der Waals surface area contributed by atoms with Crippen LogP contribution in [0.2, 0.25) is 0 Å². The predicted octanol–water partition coefficient (Wildman–Crippen LogP) is 4.37. The van der Waals surface area contributed by atoms with Crippen molar-refractivity contribution in [3.8, 4) is 0 Å². The van der Waals surface area contributed by atoms with Crippen LogP contribution < -0.4 is 0 Å². The molecule has 1 saturated heterocycles. The highest BCUT2D eigenvalue weighted by atomic mass is 16.5. The maximum atomic E-state index is 12.2. The second-order valence-electron chi connectivity index (χ2n) is 11.2. The van der Waals surface area contributed by atoms with Crippen LogP contribution in [0.15, 0.2) is 23.5 Å². The van der Waals surface area contributed by atoms with Crippen molar-refractivity contribution in [2.45, 2.75) is 96.9 Å². The molecule has 6 nitrogen and oxygen atoms in total. The number of rotatable bonds is 3. The van der Waals surface area contributed by atoms with Gasteiger partial charge in [-0.3, -0.25) is 4.79 Å². The van der Waals surface area contributed by atoms with E-state index in [1.165, 1.54) is 6.08 Å². The van der Waals surface area contributed by atoms with Crippen molar-refractivity contribution in [2.24, 2.45) is 22.7 Å². The Balaban J connectivity index is 1.59. The minimum atomic E-state index is -0.907. The van der Waals surface area contributed by atoms with Gasteiger partial charge in [0.2, 0.25) is 0 Å². The first-order valence-corrected chi connectivity index (χ1v) is 11.6. The standard InChI is InChI=1S/C25H36O6/c1-15-13-20(27)30-16(15)14-19(26)25(5)12-8-18-22(2)9-6-10-23(3,21(28)29)17(22)7-11-24(18,4)31-25/h13-14,17-19,26H,6-12H2,1-5H3,(H,28,29)/b16-14-/t17?,18?,19?,22-,23?,24+,25-/m0/s1. The van der Waals surface area contributed by atoms with Gasteiger partial charge in [-0.05, 0) is 95.1 Å². The number of cyclic esters (lactones) is 1. The van der Waals surface area contributed by atoms with Crippen molar-refractivity contribution < 1.29 is 29.3 Å². The zero-order valence-corrected chi connectivity index (χ0v) is 19.4. The van der Waals surface area contributed by atoms with E-state index >= 15 is 0 Å². The number of carboxylic acids is 1. The first kappa shape index (κ1) is 22.5. The molecule has 4 rings (SSSR count). The lowest BCUT2D eigenvalue weighted by molar-refractivity contribution is -0.281. The number of carbonyl (C=O) groups excluding carboxylic acids is 1. The minimum absolute atomic E-state index is 0.0938. The first-order chi connectivity index (χ1) is 14.3. The molecule has 4 aliphatic rings. The van der Waals surface area contributed by atoms with E-state index in [-0.39, 0.29) is 17.3 Å². The summed E-state index contributed by atoms with van der Waals surface area (Å²) < 4.78 is 11.9. The fraction of sp³-hybridized carbons (Fsp3) is 0.760. The van der Waals surface area contributed by atoms with Gasteiger partial charge in [-0.25, -0.2) is 4.79 Å². The van der Waals surface area contributed by atoms with Crippen LogP contribution in [-0.4, -0.2) is 39.5 Å². The van der Waals surface area contributed by atoms with Crippen molar-refractivity contribution in [2.75, 3.05) is 0 Å². The molecule has 6 heteroatoms. The average Bonchev–Trinajstić information content (AvgIpc) is 2.97. The molecular formula is C25H36O6. The van der Waals surface area contributed by atoms with E-state index in [0.717, 1.165) is 38.5 Å². The molecule has 4 unspecified atom stereocenters. The van der Waals surface area contributed by atoms with Crippen molar-refractivity contribution in [1.82, 2.24) is 0 Å². The summed E-state index contributed by atoms with van der Waals surface area (Å²) in [6, 6.07) is 0. The van der Waals surface area contributed by atoms with Crippen LogP contribution in [0.25, 0.3) is 0 Å². The van der Waals surface area contributed by atoms with Gasteiger partial charge in [0.1, 0.15) is 11.9 Å². The third-order valence-electron chi connectivity index (χ3n) is 9.19. The molecule has 172 valence electrons. The molecule has 0 spiro atoms. The van der Waals surface area contributed by atoms with Gasteiger partial charge in [-0.2, -0.15) is 0 Å². The monoisotopic (exact) mass is 432 g/mol. The molecular weight excluding hydrogens is 396 g/mol. The number of esters is 1. The van der Waals surface area contributed by atoms with E-state index in [4.69, 9.17) is 9.47 Å². The fourth-order valence-corrected chi connectivity index (χ4v) is 7.47. The predicted molar refractivity (Wildman–Crippen MR) is 115 cm³/mol. The smallest absolute Gasteiger partial charge is 0.336 e. The van der Waals surface area contributed by atoms with Crippen molar-refractivity contribution in [3.63, 3.8) is 0 Å². The molecule has 7 atom stereocenters. The Kier molecular flexibility index (Phi) is 5.21. The van der Waals surface area contributed by atoms with Crippen LogP contribution in [0.4, 0.5) is 0 Å². The maximum absolute atomic E-state index is 12.2. The Hall–Kier alpha value is -1.66. The second-order valence-corrected chi connectivity index (χ2v) is 11.2. The highest BCUT2D eigenvalue weighted by Crippen LogP contribution is 2.65. The SMILES string of the molecule is CC1=CC(=O)O/C1=C\C(O)[C@]1(C)CCC2[C@@]3(C)CCCC(C)(C(=O)O)C3CC[C@@]2(C)O1. The lowest BCUT2D eigenvalue weighted by atomic mass is 9.44. The summed E-state index contributed by atoms with van der Waals surface area (Å²) in [5.74, 6) is -0.311. The van der Waals surface area contributed by atoms with Gasteiger partial charge in [0, 0.05) is 6.08 Å². The fourth-order valence-electron chi connectivity index (χ4n) is 7.47. The molecule has 2 aliphatic heterocycles. The van der Waals surface area contributed by atoms with Crippen molar-refractivity contribution >= 4 is 11.9 Å². The summed E-state index contributed by atoms with van der Waals surface area (Å²) in [6.07, 6.45) is 7.94. The summed E-state index contributed by atoms with van der Waals surface area (Å²) in [4.78, 5) is 23.7. The minimum Gasteiger partial charge on any atom is -0.481 e. The quantitative estimate of drug-likeness (QED) is 0.644. The van der Waals surface area contributed by atoms with Crippen molar-refractivity contribution in [3.05, 3.63) is 23.5 Å². The third kappa shape index (κ3) is 3.37. The summed E-state index contributed by atoms with van der Waals surface area (Å²) in [5, 5.41) is 21.1.